The number of nitrogens with one attached hydrogen (secondary N) is 1. The first-order valence-corrected chi connectivity index (χ1v) is 15.4. The van der Waals surface area contributed by atoms with E-state index in [4.69, 9.17) is 0 Å². The first-order chi connectivity index (χ1) is 18.0. The van der Waals surface area contributed by atoms with Gasteiger partial charge in [-0.1, -0.05) is 74.4 Å². The van der Waals surface area contributed by atoms with Crippen molar-refractivity contribution >= 4 is 17.4 Å². The van der Waals surface area contributed by atoms with Crippen molar-refractivity contribution in [2.45, 2.75) is 105 Å². The maximum absolute atomic E-state index is 14.1. The van der Waals surface area contributed by atoms with Crippen molar-refractivity contribution in [3.63, 3.8) is 0 Å². The van der Waals surface area contributed by atoms with Crippen LogP contribution in [0.15, 0.2) is 30.0 Å². The van der Waals surface area contributed by atoms with Gasteiger partial charge >= 0.3 is 0 Å². The van der Waals surface area contributed by atoms with E-state index in [1.807, 2.05) is 6.08 Å². The van der Waals surface area contributed by atoms with Crippen LogP contribution in [0.5, 0.6) is 0 Å². The van der Waals surface area contributed by atoms with E-state index in [0.29, 0.717) is 17.8 Å². The number of anilines is 1. The largest absolute Gasteiger partial charge is 0.377 e. The minimum Gasteiger partial charge on any atom is -0.377 e. The highest BCUT2D eigenvalue weighted by molar-refractivity contribution is 5.95. The van der Waals surface area contributed by atoms with E-state index in [1.54, 1.807) is 0 Å². The van der Waals surface area contributed by atoms with Crippen molar-refractivity contribution in [1.29, 1.82) is 0 Å². The predicted molar refractivity (Wildman–Crippen MR) is 161 cm³/mol. The Morgan fingerprint density at radius 2 is 1.69 bits per heavy atom. The Hall–Kier alpha value is -2.10. The topological polar surface area (TPSA) is 49.4 Å². The molecule has 1 aromatic carbocycles. The number of likely N-dealkylation sites (tertiary alicyclic amines) is 1. The molecule has 1 saturated heterocycles. The van der Waals surface area contributed by atoms with E-state index in [-0.39, 0.29) is 45.2 Å². The number of piperidine rings is 1. The summed E-state index contributed by atoms with van der Waals surface area (Å²) in [4.78, 5) is 29.1. The first kappa shape index (κ1) is 28.4. The molecule has 4 nitrogen and oxygen atoms in total. The predicted octanol–water partition coefficient (Wildman–Crippen LogP) is 7.72. The summed E-state index contributed by atoms with van der Waals surface area (Å²) in [5.74, 6) is 2.34. The van der Waals surface area contributed by atoms with E-state index in [9.17, 15) is 9.59 Å². The minimum absolute atomic E-state index is 0.0172. The Morgan fingerprint density at radius 1 is 1.00 bits per heavy atom. The molecule has 0 bridgehead atoms. The smallest absolute Gasteiger partial charge is 0.228 e. The Labute approximate surface area is 237 Å². The summed E-state index contributed by atoms with van der Waals surface area (Å²) in [5.41, 5.74) is 4.75. The van der Waals surface area contributed by atoms with Gasteiger partial charge in [-0.2, -0.15) is 0 Å². The Bertz CT molecular complexity index is 1200. The molecule has 3 aliphatic carbocycles. The summed E-state index contributed by atoms with van der Waals surface area (Å²) < 4.78 is 0. The third-order valence-electron chi connectivity index (χ3n) is 11.5. The van der Waals surface area contributed by atoms with Crippen LogP contribution in [0.4, 0.5) is 5.69 Å². The molecule has 1 aromatic rings. The lowest BCUT2D eigenvalue weighted by Gasteiger charge is -2.60. The van der Waals surface area contributed by atoms with Gasteiger partial charge in [0.15, 0.2) is 5.78 Å². The van der Waals surface area contributed by atoms with Crippen molar-refractivity contribution < 1.29 is 9.59 Å². The molecule has 7 atom stereocenters. The van der Waals surface area contributed by atoms with Crippen LogP contribution < -0.4 is 5.32 Å². The minimum atomic E-state index is -0.0505. The highest BCUT2D eigenvalue weighted by Crippen LogP contribution is 2.65. The highest BCUT2D eigenvalue weighted by atomic mass is 16.2. The van der Waals surface area contributed by atoms with Gasteiger partial charge in [0, 0.05) is 48.3 Å². The molecule has 0 spiro atoms. The summed E-state index contributed by atoms with van der Waals surface area (Å²) in [6, 6.07) is 6.67. The molecule has 39 heavy (non-hydrogen) atoms. The number of carbonyl (C=O) groups is 2. The third kappa shape index (κ3) is 4.58. The molecule has 214 valence electrons. The summed E-state index contributed by atoms with van der Waals surface area (Å²) in [6.45, 7) is 21.3. The van der Waals surface area contributed by atoms with Crippen LogP contribution in [0.3, 0.4) is 0 Å². The number of benzene rings is 1. The average Bonchev–Trinajstić information content (AvgIpc) is 3.17. The Kier molecular flexibility index (Phi) is 6.71. The van der Waals surface area contributed by atoms with E-state index < -0.39 is 0 Å². The second-order valence-electron chi connectivity index (χ2n) is 16.1. The number of amides is 1. The number of hydrogen-bond acceptors (Lipinski definition) is 3. The first-order valence-electron chi connectivity index (χ1n) is 15.4. The number of ketones is 1. The summed E-state index contributed by atoms with van der Waals surface area (Å²) in [6.07, 6.45) is 7.26. The molecular formula is C35H52N2O2. The molecule has 1 amide bonds. The van der Waals surface area contributed by atoms with Gasteiger partial charge in [0.1, 0.15) is 0 Å². The zero-order valence-corrected chi connectivity index (χ0v) is 26.2. The normalized spacial score (nSPS) is 36.6. The number of carbonyl (C=O) groups excluding carboxylic acids is 2. The van der Waals surface area contributed by atoms with Gasteiger partial charge in [0.2, 0.25) is 5.91 Å². The summed E-state index contributed by atoms with van der Waals surface area (Å²) in [5, 5.41) is 3.48. The molecular weight excluding hydrogens is 480 g/mol. The van der Waals surface area contributed by atoms with E-state index in [1.165, 1.54) is 16.8 Å². The highest BCUT2D eigenvalue weighted by Gasteiger charge is 2.61. The summed E-state index contributed by atoms with van der Waals surface area (Å²) >= 11 is 0. The molecule has 4 aliphatic rings. The van der Waals surface area contributed by atoms with Crippen LogP contribution in [0, 0.1) is 40.4 Å². The molecule has 1 aliphatic heterocycles. The average molecular weight is 533 g/mol. The fourth-order valence-electron chi connectivity index (χ4n) is 9.34. The van der Waals surface area contributed by atoms with Gasteiger partial charge in [0.05, 0.1) is 0 Å². The van der Waals surface area contributed by atoms with Gasteiger partial charge in [-0.25, -0.2) is 0 Å². The number of rotatable bonds is 2. The van der Waals surface area contributed by atoms with Crippen LogP contribution in [-0.2, 0) is 20.4 Å². The van der Waals surface area contributed by atoms with Gasteiger partial charge in [-0.05, 0) is 83.3 Å². The van der Waals surface area contributed by atoms with Crippen molar-refractivity contribution in [1.82, 2.24) is 4.90 Å². The maximum atomic E-state index is 14.1. The standard InChI is InChI=1S/C35H52N2O2/c1-21-19-35(9)25-15-16-34(8)24(23(25)20-37(10)30(35)18-29(21)38)13-14-27(34)31(39)36-28-17-22(32(2,3)4)11-12-26(28)33(5,6)7/h11-12,17-18,21,23-25,27H,13-16,19-20H2,1-10H3,(H,36,39). The fraction of sp³-hybridized carbons (Fsp3) is 0.714. The maximum Gasteiger partial charge on any atom is 0.228 e. The number of allylic oxidation sites excluding steroid dienone is 2. The van der Waals surface area contributed by atoms with Crippen LogP contribution in [0.25, 0.3) is 0 Å². The molecule has 4 heteroatoms. The van der Waals surface area contributed by atoms with Crippen molar-refractivity contribution in [2.75, 3.05) is 18.9 Å². The Morgan fingerprint density at radius 3 is 2.33 bits per heavy atom. The van der Waals surface area contributed by atoms with Crippen LogP contribution in [0.2, 0.25) is 0 Å². The van der Waals surface area contributed by atoms with Crippen molar-refractivity contribution in [3.05, 3.63) is 41.1 Å². The lowest BCUT2D eigenvalue weighted by Crippen LogP contribution is -2.58. The zero-order chi connectivity index (χ0) is 28.7. The van der Waals surface area contributed by atoms with Gasteiger partial charge < -0.3 is 10.2 Å². The number of nitrogens with zero attached hydrogens (tertiary/aromatic N) is 1. The van der Waals surface area contributed by atoms with Crippen LogP contribution >= 0.6 is 0 Å². The molecule has 2 saturated carbocycles. The zero-order valence-electron chi connectivity index (χ0n) is 26.2. The van der Waals surface area contributed by atoms with Gasteiger partial charge in [0.25, 0.3) is 0 Å². The molecule has 5 rings (SSSR count). The molecule has 0 radical (unpaired) electrons. The second kappa shape index (κ2) is 9.21. The van der Waals surface area contributed by atoms with Crippen LogP contribution in [-0.4, -0.2) is 30.2 Å². The van der Waals surface area contributed by atoms with Gasteiger partial charge in [-0.15, -0.1) is 0 Å². The number of fused-ring (bicyclic) bond motifs is 5. The Balaban J connectivity index is 1.42. The second-order valence-corrected chi connectivity index (χ2v) is 16.1. The molecule has 0 aromatic heterocycles. The summed E-state index contributed by atoms with van der Waals surface area (Å²) in [7, 11) is 2.19. The third-order valence-corrected chi connectivity index (χ3v) is 11.5. The fourth-order valence-corrected chi connectivity index (χ4v) is 9.34. The van der Waals surface area contributed by atoms with Gasteiger partial charge in [-0.3, -0.25) is 9.59 Å². The molecule has 3 fully saturated rings. The lowest BCUT2D eigenvalue weighted by atomic mass is 9.49. The number of hydrogen-bond donors (Lipinski definition) is 1. The van der Waals surface area contributed by atoms with Crippen LogP contribution in [0.1, 0.15) is 106 Å². The van der Waals surface area contributed by atoms with E-state index in [0.717, 1.165) is 44.3 Å². The van der Waals surface area contributed by atoms with E-state index in [2.05, 4.69) is 97.8 Å². The SMILES string of the molecule is CC1CC2(C)C(=CC1=O)N(C)CC1C2CCC2(C)C(C(=O)Nc3cc(C(C)(C)C)ccc3C(C)(C)C)CCC12. The van der Waals surface area contributed by atoms with Crippen molar-refractivity contribution in [3.8, 4) is 0 Å². The quantitative estimate of drug-likeness (QED) is 0.424. The monoisotopic (exact) mass is 532 g/mol. The van der Waals surface area contributed by atoms with Crippen molar-refractivity contribution in [2.24, 2.45) is 40.4 Å². The molecule has 7 unspecified atom stereocenters. The molecule has 1 heterocycles. The molecule has 1 N–H and O–H groups in total. The van der Waals surface area contributed by atoms with E-state index >= 15 is 0 Å². The lowest BCUT2D eigenvalue weighted by molar-refractivity contribution is -0.131.